The summed E-state index contributed by atoms with van der Waals surface area (Å²) in [6, 6.07) is 6.93. The highest BCUT2D eigenvalue weighted by atomic mass is 35.5. The number of carbonyl (C=O) groups excluding carboxylic acids is 2. The topological polar surface area (TPSA) is 61.8 Å². The van der Waals surface area contributed by atoms with Crippen LogP contribution in [0.5, 0.6) is 0 Å². The van der Waals surface area contributed by atoms with Gasteiger partial charge in [0, 0.05) is 0 Å². The second-order valence-electron chi connectivity index (χ2n) is 5.84. The Kier molecular flexibility index (Phi) is 7.04. The van der Waals surface area contributed by atoms with Crippen LogP contribution < -0.4 is 0 Å². The van der Waals surface area contributed by atoms with Crippen LogP contribution in [0, 0.1) is 0 Å². The van der Waals surface area contributed by atoms with Crippen LogP contribution in [-0.2, 0) is 23.8 Å². The van der Waals surface area contributed by atoms with E-state index in [2.05, 4.69) is 0 Å². The summed E-state index contributed by atoms with van der Waals surface area (Å²) in [6.45, 7) is 5.25. The predicted octanol–water partition coefficient (Wildman–Crippen LogP) is 3.77. The molecule has 6 heteroatoms. The van der Waals surface area contributed by atoms with E-state index in [-0.39, 0.29) is 10.6 Å². The molecule has 130 valence electrons. The van der Waals surface area contributed by atoms with E-state index in [0.29, 0.717) is 11.1 Å². The second kappa shape index (κ2) is 8.55. The highest BCUT2D eigenvalue weighted by Gasteiger charge is 2.20. The van der Waals surface area contributed by atoms with Crippen LogP contribution in [0.1, 0.15) is 31.9 Å². The summed E-state index contributed by atoms with van der Waals surface area (Å²) in [5.74, 6) is -1.21. The predicted molar refractivity (Wildman–Crippen MR) is 93.1 cm³/mol. The Balaban J connectivity index is 3.27. The number of hydrogen-bond acceptors (Lipinski definition) is 5. The number of methoxy groups -OCH3 is 2. The normalized spacial score (nSPS) is 12.6. The molecule has 0 heterocycles. The number of rotatable bonds is 5. The zero-order valence-corrected chi connectivity index (χ0v) is 15.1. The van der Waals surface area contributed by atoms with Gasteiger partial charge in [-0.2, -0.15) is 0 Å². The molecular weight excluding hydrogens is 332 g/mol. The van der Waals surface area contributed by atoms with Crippen molar-refractivity contribution in [2.45, 2.75) is 26.4 Å². The van der Waals surface area contributed by atoms with Crippen LogP contribution in [0.4, 0.5) is 0 Å². The van der Waals surface area contributed by atoms with Crippen LogP contribution in [0.2, 0.25) is 0 Å². The van der Waals surface area contributed by atoms with E-state index in [4.69, 9.17) is 25.8 Å². The molecule has 5 nitrogen and oxygen atoms in total. The van der Waals surface area contributed by atoms with Gasteiger partial charge in [-0.3, -0.25) is 0 Å². The van der Waals surface area contributed by atoms with Crippen molar-refractivity contribution in [2.75, 3.05) is 14.2 Å². The maximum Gasteiger partial charge on any atom is 0.350 e. The van der Waals surface area contributed by atoms with Crippen molar-refractivity contribution in [3.63, 3.8) is 0 Å². The summed E-state index contributed by atoms with van der Waals surface area (Å²) in [6.07, 6.45) is 2.72. The Hall–Kier alpha value is -2.27. The Morgan fingerprint density at radius 2 is 1.71 bits per heavy atom. The summed E-state index contributed by atoms with van der Waals surface area (Å²) in [7, 11) is 2.70. The van der Waals surface area contributed by atoms with Crippen molar-refractivity contribution in [2.24, 2.45) is 0 Å². The van der Waals surface area contributed by atoms with Crippen LogP contribution in [0.15, 0.2) is 35.6 Å². The molecular formula is C18H21ClO5. The quantitative estimate of drug-likeness (QED) is 0.458. The molecule has 0 atom stereocenters. The maximum atomic E-state index is 12.0. The number of ether oxygens (including phenoxy) is 3. The monoisotopic (exact) mass is 352 g/mol. The first-order valence-electron chi connectivity index (χ1n) is 7.21. The number of esters is 2. The Labute approximate surface area is 146 Å². The van der Waals surface area contributed by atoms with E-state index in [1.807, 2.05) is 0 Å². The molecule has 24 heavy (non-hydrogen) atoms. The van der Waals surface area contributed by atoms with Gasteiger partial charge in [0.1, 0.15) is 16.2 Å². The first-order chi connectivity index (χ1) is 11.2. The number of carbonyl (C=O) groups is 2. The van der Waals surface area contributed by atoms with Crippen molar-refractivity contribution in [3.8, 4) is 0 Å². The van der Waals surface area contributed by atoms with Gasteiger partial charge < -0.3 is 14.2 Å². The van der Waals surface area contributed by atoms with Crippen LogP contribution in [0.3, 0.4) is 0 Å². The van der Waals surface area contributed by atoms with E-state index in [0.717, 1.165) is 0 Å². The molecule has 1 aromatic carbocycles. The van der Waals surface area contributed by atoms with Crippen molar-refractivity contribution in [3.05, 3.63) is 46.7 Å². The smallest absolute Gasteiger partial charge is 0.350 e. The zero-order chi connectivity index (χ0) is 18.3. The molecule has 0 fully saturated rings. The molecule has 0 aliphatic carbocycles. The molecule has 0 radical (unpaired) electrons. The molecule has 0 amide bonds. The third-order valence-corrected chi connectivity index (χ3v) is 3.03. The molecule has 0 saturated heterocycles. The lowest BCUT2D eigenvalue weighted by Crippen LogP contribution is -2.23. The Bertz CT molecular complexity index is 668. The average molecular weight is 353 g/mol. The summed E-state index contributed by atoms with van der Waals surface area (Å²) >= 11 is 6.06. The first kappa shape index (κ1) is 19.8. The van der Waals surface area contributed by atoms with Gasteiger partial charge in [-0.25, -0.2) is 9.59 Å². The average Bonchev–Trinajstić information content (AvgIpc) is 2.51. The molecule has 0 aromatic heterocycles. The van der Waals surface area contributed by atoms with Crippen LogP contribution in [0.25, 0.3) is 11.6 Å². The number of halogens is 1. The van der Waals surface area contributed by atoms with Crippen molar-refractivity contribution >= 4 is 35.2 Å². The lowest BCUT2D eigenvalue weighted by molar-refractivity contribution is -0.149. The highest BCUT2D eigenvalue weighted by molar-refractivity contribution is 6.43. The molecule has 1 rings (SSSR count). The fraction of sp³-hybridized carbons (Fsp3) is 0.333. The maximum absolute atomic E-state index is 12.0. The van der Waals surface area contributed by atoms with Crippen molar-refractivity contribution in [1.29, 1.82) is 0 Å². The Morgan fingerprint density at radius 1 is 1.08 bits per heavy atom. The fourth-order valence-corrected chi connectivity index (χ4v) is 2.00. The van der Waals surface area contributed by atoms with Gasteiger partial charge in [-0.05, 0) is 38.0 Å². The van der Waals surface area contributed by atoms with E-state index in [1.54, 1.807) is 45.0 Å². The van der Waals surface area contributed by atoms with E-state index >= 15 is 0 Å². The molecule has 0 bridgehead atoms. The summed E-state index contributed by atoms with van der Waals surface area (Å²) in [4.78, 5) is 24.0. The van der Waals surface area contributed by atoms with E-state index in [1.165, 1.54) is 26.6 Å². The largest absolute Gasteiger partial charge is 0.503 e. The standard InChI is InChI=1S/C18H21ClO5/c1-18(2,3)24-17(21)15(19)10-12-8-6-7-9-13(12)14(11-22-4)16(20)23-5/h6-11H,1-5H3/b14-11+,15-10-. The van der Waals surface area contributed by atoms with Gasteiger partial charge in [-0.15, -0.1) is 0 Å². The van der Waals surface area contributed by atoms with Crippen molar-refractivity contribution in [1.82, 2.24) is 0 Å². The van der Waals surface area contributed by atoms with E-state index in [9.17, 15) is 9.59 Å². The van der Waals surface area contributed by atoms with Gasteiger partial charge in [-0.1, -0.05) is 35.9 Å². The fourth-order valence-electron chi connectivity index (χ4n) is 1.84. The number of hydrogen-bond donors (Lipinski definition) is 0. The van der Waals surface area contributed by atoms with Gasteiger partial charge in [0.15, 0.2) is 0 Å². The lowest BCUT2D eigenvalue weighted by atomic mass is 10.00. The summed E-state index contributed by atoms with van der Waals surface area (Å²) < 4.78 is 14.9. The van der Waals surface area contributed by atoms with Crippen LogP contribution >= 0.6 is 11.6 Å². The molecule has 0 unspecified atom stereocenters. The summed E-state index contributed by atoms with van der Waals surface area (Å²) in [5.41, 5.74) is 0.632. The molecule has 0 saturated carbocycles. The van der Waals surface area contributed by atoms with Gasteiger partial charge in [0.2, 0.25) is 0 Å². The second-order valence-corrected chi connectivity index (χ2v) is 6.25. The molecule has 0 spiro atoms. The Morgan fingerprint density at radius 3 is 2.25 bits per heavy atom. The van der Waals surface area contributed by atoms with E-state index < -0.39 is 17.5 Å². The lowest BCUT2D eigenvalue weighted by Gasteiger charge is -2.19. The SMILES string of the molecule is CO/C=C(/C(=O)OC)c1ccccc1/C=C(\Cl)C(=O)OC(C)(C)C. The minimum absolute atomic E-state index is 0.0981. The summed E-state index contributed by atoms with van der Waals surface area (Å²) in [5, 5.41) is -0.0981. The molecule has 0 aliphatic heterocycles. The van der Waals surface area contributed by atoms with Gasteiger partial charge in [0.05, 0.1) is 20.5 Å². The molecule has 1 aromatic rings. The first-order valence-corrected chi connectivity index (χ1v) is 7.58. The minimum atomic E-state index is -0.655. The minimum Gasteiger partial charge on any atom is -0.503 e. The molecule has 0 aliphatic rings. The van der Waals surface area contributed by atoms with Crippen LogP contribution in [-0.4, -0.2) is 31.8 Å². The highest BCUT2D eigenvalue weighted by Crippen LogP contribution is 2.24. The van der Waals surface area contributed by atoms with Gasteiger partial charge in [0.25, 0.3) is 0 Å². The number of benzene rings is 1. The van der Waals surface area contributed by atoms with Crippen molar-refractivity contribution < 1.29 is 23.8 Å². The third kappa shape index (κ3) is 5.74. The van der Waals surface area contributed by atoms with Gasteiger partial charge >= 0.3 is 11.9 Å². The molecule has 0 N–H and O–H groups in total. The third-order valence-electron chi connectivity index (χ3n) is 2.77. The zero-order valence-electron chi connectivity index (χ0n) is 14.4.